The third-order valence-corrected chi connectivity index (χ3v) is 4.71. The Morgan fingerprint density at radius 1 is 1.13 bits per heavy atom. The number of nitrogens with one attached hydrogen (secondary N) is 1. The lowest BCUT2D eigenvalue weighted by Gasteiger charge is -2.10. The molecule has 0 spiro atoms. The molecule has 2 rings (SSSR count). The lowest BCUT2D eigenvalue weighted by atomic mass is 10.1. The maximum atomic E-state index is 12.3. The van der Waals surface area contributed by atoms with Crippen LogP contribution in [0.15, 0.2) is 53.4 Å². The van der Waals surface area contributed by atoms with Crippen LogP contribution < -0.4 is 10.5 Å². The second kappa shape index (κ2) is 6.80. The van der Waals surface area contributed by atoms with Gasteiger partial charge in [0, 0.05) is 5.69 Å². The monoisotopic (exact) mass is 334 g/mol. The van der Waals surface area contributed by atoms with E-state index in [1.807, 2.05) is 6.92 Å². The lowest BCUT2D eigenvalue weighted by Crippen LogP contribution is -2.32. The van der Waals surface area contributed by atoms with Crippen LogP contribution >= 0.6 is 0 Å². The van der Waals surface area contributed by atoms with Crippen molar-refractivity contribution in [2.24, 2.45) is 5.73 Å². The fourth-order valence-electron chi connectivity index (χ4n) is 1.98. The van der Waals surface area contributed by atoms with Crippen molar-refractivity contribution in [3.05, 3.63) is 59.7 Å². The highest BCUT2D eigenvalue weighted by atomic mass is 32.2. The van der Waals surface area contributed by atoms with Crippen LogP contribution in [0.5, 0.6) is 0 Å². The minimum absolute atomic E-state index is 0.181. The minimum atomic E-state index is -3.65. The fourth-order valence-corrected chi connectivity index (χ4v) is 3.04. The molecule has 0 bridgehead atoms. The van der Waals surface area contributed by atoms with E-state index in [4.69, 9.17) is 10.8 Å². The third-order valence-electron chi connectivity index (χ3n) is 3.31. The van der Waals surface area contributed by atoms with Crippen LogP contribution in [-0.2, 0) is 21.2 Å². The first-order valence-corrected chi connectivity index (χ1v) is 8.43. The van der Waals surface area contributed by atoms with Crippen molar-refractivity contribution >= 4 is 21.7 Å². The summed E-state index contributed by atoms with van der Waals surface area (Å²) in [4.78, 5) is 10.9. The normalized spacial score (nSPS) is 12.6. The second-order valence-corrected chi connectivity index (χ2v) is 6.95. The van der Waals surface area contributed by atoms with Crippen LogP contribution in [-0.4, -0.2) is 25.5 Å². The van der Waals surface area contributed by atoms with Crippen molar-refractivity contribution in [3.8, 4) is 0 Å². The summed E-state index contributed by atoms with van der Waals surface area (Å²) in [5.41, 5.74) is 7.56. The molecule has 6 nitrogen and oxygen atoms in total. The summed E-state index contributed by atoms with van der Waals surface area (Å²) in [5.74, 6) is -1.07. The summed E-state index contributed by atoms with van der Waals surface area (Å²) < 4.78 is 27.0. The number of aryl methyl sites for hydroxylation is 1. The fraction of sp³-hybridized carbons (Fsp3) is 0.188. The van der Waals surface area contributed by atoms with E-state index in [0.717, 1.165) is 11.1 Å². The van der Waals surface area contributed by atoms with Crippen LogP contribution in [0.25, 0.3) is 0 Å². The van der Waals surface area contributed by atoms with Gasteiger partial charge in [-0.05, 0) is 43.2 Å². The van der Waals surface area contributed by atoms with E-state index >= 15 is 0 Å². The zero-order chi connectivity index (χ0) is 17.0. The molecule has 0 aliphatic carbocycles. The Morgan fingerprint density at radius 2 is 1.70 bits per heavy atom. The first-order chi connectivity index (χ1) is 10.8. The van der Waals surface area contributed by atoms with Crippen molar-refractivity contribution in [3.63, 3.8) is 0 Å². The van der Waals surface area contributed by atoms with Crippen molar-refractivity contribution in [1.82, 2.24) is 0 Å². The number of hydrogen-bond acceptors (Lipinski definition) is 4. The number of benzene rings is 2. The van der Waals surface area contributed by atoms with E-state index in [1.54, 1.807) is 36.4 Å². The van der Waals surface area contributed by atoms with Gasteiger partial charge in [-0.3, -0.25) is 9.52 Å². The zero-order valence-electron chi connectivity index (χ0n) is 12.6. The largest absolute Gasteiger partial charge is 0.480 e. The summed E-state index contributed by atoms with van der Waals surface area (Å²) in [6.45, 7) is 1.88. The Bertz CT molecular complexity index is 784. The van der Waals surface area contributed by atoms with Crippen LogP contribution in [0.1, 0.15) is 11.1 Å². The molecule has 0 aliphatic heterocycles. The molecule has 0 saturated heterocycles. The molecule has 0 saturated carbocycles. The van der Waals surface area contributed by atoms with E-state index in [2.05, 4.69) is 4.72 Å². The molecule has 0 aliphatic rings. The number of aliphatic carboxylic acids is 1. The smallest absolute Gasteiger partial charge is 0.320 e. The number of carboxylic acids is 1. The summed E-state index contributed by atoms with van der Waals surface area (Å²) in [5, 5.41) is 8.78. The van der Waals surface area contributed by atoms with Crippen LogP contribution in [0.3, 0.4) is 0 Å². The first-order valence-electron chi connectivity index (χ1n) is 6.95. The lowest BCUT2D eigenvalue weighted by molar-refractivity contribution is -0.138. The molecule has 2 aromatic carbocycles. The van der Waals surface area contributed by atoms with Gasteiger partial charge in [-0.1, -0.05) is 29.8 Å². The first kappa shape index (κ1) is 17.0. The molecule has 2 aromatic rings. The van der Waals surface area contributed by atoms with Crippen molar-refractivity contribution in [2.45, 2.75) is 24.3 Å². The number of rotatable bonds is 6. The van der Waals surface area contributed by atoms with E-state index in [0.29, 0.717) is 5.69 Å². The molecule has 7 heteroatoms. The molecule has 1 atom stereocenters. The van der Waals surface area contributed by atoms with Gasteiger partial charge in [0.05, 0.1) is 4.90 Å². The maximum absolute atomic E-state index is 12.3. The molecule has 0 fully saturated rings. The molecule has 23 heavy (non-hydrogen) atoms. The van der Waals surface area contributed by atoms with Gasteiger partial charge in [0.25, 0.3) is 10.0 Å². The highest BCUT2D eigenvalue weighted by molar-refractivity contribution is 7.92. The van der Waals surface area contributed by atoms with Gasteiger partial charge >= 0.3 is 5.97 Å². The van der Waals surface area contributed by atoms with Gasteiger partial charge in [-0.15, -0.1) is 0 Å². The quantitative estimate of drug-likeness (QED) is 0.745. The van der Waals surface area contributed by atoms with Crippen LogP contribution in [0.2, 0.25) is 0 Å². The predicted octanol–water partition coefficient (Wildman–Crippen LogP) is 1.75. The van der Waals surface area contributed by atoms with E-state index < -0.39 is 22.0 Å². The summed E-state index contributed by atoms with van der Waals surface area (Å²) in [6.07, 6.45) is 0.181. The van der Waals surface area contributed by atoms with E-state index in [1.165, 1.54) is 12.1 Å². The number of carbonyl (C=O) groups is 1. The Labute approximate surface area is 135 Å². The second-order valence-electron chi connectivity index (χ2n) is 5.26. The molecule has 0 aromatic heterocycles. The molecule has 4 N–H and O–H groups in total. The molecular formula is C16H18N2O4S. The van der Waals surface area contributed by atoms with Crippen molar-refractivity contribution in [1.29, 1.82) is 0 Å². The SMILES string of the molecule is Cc1ccc(S(=O)(=O)Nc2ccc(C[C@H](N)C(=O)O)cc2)cc1. The minimum Gasteiger partial charge on any atom is -0.480 e. The highest BCUT2D eigenvalue weighted by Gasteiger charge is 2.15. The topological polar surface area (TPSA) is 109 Å². The van der Waals surface area contributed by atoms with Gasteiger partial charge in [0.2, 0.25) is 0 Å². The Balaban J connectivity index is 2.11. The van der Waals surface area contributed by atoms with Gasteiger partial charge in [0.1, 0.15) is 6.04 Å². The Hall–Kier alpha value is -2.38. The van der Waals surface area contributed by atoms with Crippen molar-refractivity contribution < 1.29 is 18.3 Å². The van der Waals surface area contributed by atoms with E-state index in [-0.39, 0.29) is 11.3 Å². The van der Waals surface area contributed by atoms with Gasteiger partial charge in [-0.25, -0.2) is 8.42 Å². The van der Waals surface area contributed by atoms with Gasteiger partial charge in [0.15, 0.2) is 0 Å². The van der Waals surface area contributed by atoms with Gasteiger partial charge in [-0.2, -0.15) is 0 Å². The average Bonchev–Trinajstić information content (AvgIpc) is 2.49. The molecule has 0 unspecified atom stereocenters. The molecule has 0 amide bonds. The van der Waals surface area contributed by atoms with Crippen LogP contribution in [0.4, 0.5) is 5.69 Å². The number of carboxylic acid groups (broad SMARTS) is 1. The molecular weight excluding hydrogens is 316 g/mol. The number of nitrogens with two attached hydrogens (primary N) is 1. The maximum Gasteiger partial charge on any atom is 0.320 e. The molecule has 0 radical (unpaired) electrons. The standard InChI is InChI=1S/C16H18N2O4S/c1-11-2-8-14(9-3-11)23(21,22)18-13-6-4-12(5-7-13)10-15(17)16(19)20/h2-9,15,18H,10,17H2,1H3,(H,19,20)/t15-/m0/s1. The zero-order valence-corrected chi connectivity index (χ0v) is 13.4. The predicted molar refractivity (Wildman–Crippen MR) is 87.7 cm³/mol. The Kier molecular flexibility index (Phi) is 5.02. The van der Waals surface area contributed by atoms with E-state index in [9.17, 15) is 13.2 Å². The summed E-state index contributed by atoms with van der Waals surface area (Å²) >= 11 is 0. The van der Waals surface area contributed by atoms with Gasteiger partial charge < -0.3 is 10.8 Å². The van der Waals surface area contributed by atoms with Crippen LogP contribution in [0, 0.1) is 6.92 Å². The number of hydrogen-bond donors (Lipinski definition) is 3. The highest BCUT2D eigenvalue weighted by Crippen LogP contribution is 2.17. The molecule has 0 heterocycles. The third kappa shape index (κ3) is 4.54. The van der Waals surface area contributed by atoms with Crippen molar-refractivity contribution in [2.75, 3.05) is 4.72 Å². The summed E-state index contributed by atoms with van der Waals surface area (Å²) in [6, 6.07) is 12.0. The summed E-state index contributed by atoms with van der Waals surface area (Å²) in [7, 11) is -3.65. The average molecular weight is 334 g/mol. The Morgan fingerprint density at radius 3 is 2.22 bits per heavy atom. The number of sulfonamides is 1. The number of anilines is 1. The molecule has 122 valence electrons.